The zero-order valence-corrected chi connectivity index (χ0v) is 10.3. The molecule has 0 spiro atoms. The highest BCUT2D eigenvalue weighted by molar-refractivity contribution is 4.98. The van der Waals surface area contributed by atoms with Crippen molar-refractivity contribution in [2.24, 2.45) is 0 Å². The Labute approximate surface area is 97.9 Å². The van der Waals surface area contributed by atoms with E-state index in [0.717, 1.165) is 31.4 Å². The van der Waals surface area contributed by atoms with E-state index < -0.39 is 0 Å². The Morgan fingerprint density at radius 1 is 1.44 bits per heavy atom. The Kier molecular flexibility index (Phi) is 6.19. The number of aryl methyl sites for hydroxylation is 1. The average Bonchev–Trinajstić information content (AvgIpc) is 2.77. The van der Waals surface area contributed by atoms with Crippen LogP contribution in [0, 0.1) is 0 Å². The SMILES string of the molecule is CCCC(O)CNC(C)CCc1ccco1. The molecule has 0 radical (unpaired) electrons. The lowest BCUT2D eigenvalue weighted by Crippen LogP contribution is -2.33. The van der Waals surface area contributed by atoms with Crippen molar-refractivity contribution in [1.29, 1.82) is 0 Å². The molecule has 0 aliphatic carbocycles. The van der Waals surface area contributed by atoms with Crippen molar-refractivity contribution in [2.75, 3.05) is 6.54 Å². The molecular formula is C13H23NO2. The fraction of sp³-hybridized carbons (Fsp3) is 0.692. The van der Waals surface area contributed by atoms with Crippen LogP contribution in [0.15, 0.2) is 22.8 Å². The van der Waals surface area contributed by atoms with Crippen LogP contribution in [0.1, 0.15) is 38.9 Å². The fourth-order valence-electron chi connectivity index (χ4n) is 1.69. The van der Waals surface area contributed by atoms with Crippen molar-refractivity contribution < 1.29 is 9.52 Å². The van der Waals surface area contributed by atoms with Crippen LogP contribution >= 0.6 is 0 Å². The lowest BCUT2D eigenvalue weighted by molar-refractivity contribution is 0.156. The number of hydrogen-bond donors (Lipinski definition) is 2. The summed E-state index contributed by atoms with van der Waals surface area (Å²) in [7, 11) is 0. The summed E-state index contributed by atoms with van der Waals surface area (Å²) in [6.07, 6.45) is 5.38. The maximum Gasteiger partial charge on any atom is 0.103 e. The molecule has 0 saturated carbocycles. The van der Waals surface area contributed by atoms with Crippen molar-refractivity contribution in [1.82, 2.24) is 5.32 Å². The van der Waals surface area contributed by atoms with Gasteiger partial charge in [0.05, 0.1) is 12.4 Å². The van der Waals surface area contributed by atoms with Crippen LogP contribution < -0.4 is 5.32 Å². The summed E-state index contributed by atoms with van der Waals surface area (Å²) in [4.78, 5) is 0. The van der Waals surface area contributed by atoms with E-state index in [1.807, 2.05) is 12.1 Å². The van der Waals surface area contributed by atoms with E-state index in [1.165, 1.54) is 0 Å². The van der Waals surface area contributed by atoms with E-state index in [4.69, 9.17) is 4.42 Å². The first kappa shape index (κ1) is 13.3. The van der Waals surface area contributed by atoms with Gasteiger partial charge in [-0.1, -0.05) is 13.3 Å². The Bertz CT molecular complexity index is 259. The topological polar surface area (TPSA) is 45.4 Å². The molecule has 0 aliphatic heterocycles. The first-order chi connectivity index (χ1) is 7.72. The first-order valence-electron chi connectivity index (χ1n) is 6.16. The van der Waals surface area contributed by atoms with Crippen LogP contribution in [0.25, 0.3) is 0 Å². The van der Waals surface area contributed by atoms with Gasteiger partial charge in [0, 0.05) is 19.0 Å². The van der Waals surface area contributed by atoms with Gasteiger partial charge < -0.3 is 14.8 Å². The van der Waals surface area contributed by atoms with Crippen LogP contribution in [-0.2, 0) is 6.42 Å². The van der Waals surface area contributed by atoms with E-state index in [9.17, 15) is 5.11 Å². The van der Waals surface area contributed by atoms with Crippen molar-refractivity contribution >= 4 is 0 Å². The summed E-state index contributed by atoms with van der Waals surface area (Å²) in [6, 6.07) is 4.33. The van der Waals surface area contributed by atoms with E-state index in [1.54, 1.807) is 6.26 Å². The Balaban J connectivity index is 2.09. The molecule has 16 heavy (non-hydrogen) atoms. The first-order valence-corrected chi connectivity index (χ1v) is 6.16. The van der Waals surface area contributed by atoms with Crippen LogP contribution in [0.2, 0.25) is 0 Å². The molecule has 3 heteroatoms. The van der Waals surface area contributed by atoms with Crippen LogP contribution in [0.3, 0.4) is 0 Å². The van der Waals surface area contributed by atoms with Gasteiger partial charge in [0.15, 0.2) is 0 Å². The van der Waals surface area contributed by atoms with Gasteiger partial charge in [-0.25, -0.2) is 0 Å². The maximum absolute atomic E-state index is 9.57. The average molecular weight is 225 g/mol. The Morgan fingerprint density at radius 3 is 2.88 bits per heavy atom. The highest BCUT2D eigenvalue weighted by Gasteiger charge is 2.07. The number of furan rings is 1. The number of aliphatic hydroxyl groups excluding tert-OH is 1. The van der Waals surface area contributed by atoms with Crippen molar-refractivity contribution in [3.8, 4) is 0 Å². The number of aliphatic hydroxyl groups is 1. The van der Waals surface area contributed by atoms with Gasteiger partial charge in [-0.2, -0.15) is 0 Å². The summed E-state index contributed by atoms with van der Waals surface area (Å²) in [6.45, 7) is 4.92. The molecule has 0 fully saturated rings. The zero-order valence-electron chi connectivity index (χ0n) is 10.3. The third-order valence-corrected chi connectivity index (χ3v) is 2.73. The van der Waals surface area contributed by atoms with Crippen LogP contribution in [-0.4, -0.2) is 23.8 Å². The van der Waals surface area contributed by atoms with Gasteiger partial charge in [0.2, 0.25) is 0 Å². The molecule has 0 aromatic carbocycles. The van der Waals surface area contributed by atoms with Crippen LogP contribution in [0.4, 0.5) is 0 Å². The number of nitrogens with one attached hydrogen (secondary N) is 1. The van der Waals surface area contributed by atoms with E-state index in [-0.39, 0.29) is 6.10 Å². The van der Waals surface area contributed by atoms with Gasteiger partial charge in [-0.15, -0.1) is 0 Å². The monoisotopic (exact) mass is 225 g/mol. The fourth-order valence-corrected chi connectivity index (χ4v) is 1.69. The summed E-state index contributed by atoms with van der Waals surface area (Å²) in [5.74, 6) is 1.03. The standard InChI is InChI=1S/C13H23NO2/c1-3-5-12(15)10-14-11(2)7-8-13-6-4-9-16-13/h4,6,9,11-12,14-15H,3,5,7-8,10H2,1-2H3. The van der Waals surface area contributed by atoms with Gasteiger partial charge in [-0.05, 0) is 31.9 Å². The summed E-state index contributed by atoms with van der Waals surface area (Å²) in [5, 5.41) is 12.9. The second-order valence-electron chi connectivity index (χ2n) is 4.37. The number of rotatable bonds is 8. The molecule has 3 nitrogen and oxygen atoms in total. The van der Waals surface area contributed by atoms with Gasteiger partial charge in [0.25, 0.3) is 0 Å². The van der Waals surface area contributed by atoms with E-state index in [2.05, 4.69) is 19.2 Å². The van der Waals surface area contributed by atoms with E-state index in [0.29, 0.717) is 12.6 Å². The normalized spacial score (nSPS) is 14.9. The van der Waals surface area contributed by atoms with Gasteiger partial charge in [-0.3, -0.25) is 0 Å². The van der Waals surface area contributed by atoms with Crippen molar-refractivity contribution in [3.63, 3.8) is 0 Å². The quantitative estimate of drug-likeness (QED) is 0.714. The molecule has 92 valence electrons. The summed E-state index contributed by atoms with van der Waals surface area (Å²) >= 11 is 0. The molecule has 0 saturated heterocycles. The predicted octanol–water partition coefficient (Wildman–Crippen LogP) is 2.35. The highest BCUT2D eigenvalue weighted by atomic mass is 16.3. The minimum atomic E-state index is -0.212. The molecule has 0 bridgehead atoms. The van der Waals surface area contributed by atoms with Crippen molar-refractivity contribution in [2.45, 2.75) is 51.7 Å². The minimum absolute atomic E-state index is 0.212. The predicted molar refractivity (Wildman–Crippen MR) is 65.4 cm³/mol. The highest BCUT2D eigenvalue weighted by Crippen LogP contribution is 2.05. The largest absolute Gasteiger partial charge is 0.469 e. The molecule has 1 aromatic rings. The van der Waals surface area contributed by atoms with E-state index >= 15 is 0 Å². The molecule has 0 aliphatic rings. The minimum Gasteiger partial charge on any atom is -0.469 e. The molecule has 2 atom stereocenters. The number of hydrogen-bond acceptors (Lipinski definition) is 3. The van der Waals surface area contributed by atoms with Gasteiger partial charge >= 0.3 is 0 Å². The molecule has 2 unspecified atom stereocenters. The molecule has 1 rings (SSSR count). The lowest BCUT2D eigenvalue weighted by atomic mass is 10.1. The molecule has 2 N–H and O–H groups in total. The Hall–Kier alpha value is -0.800. The van der Waals surface area contributed by atoms with Crippen LogP contribution in [0.5, 0.6) is 0 Å². The third-order valence-electron chi connectivity index (χ3n) is 2.73. The molecule has 1 heterocycles. The lowest BCUT2D eigenvalue weighted by Gasteiger charge is -2.16. The second-order valence-corrected chi connectivity index (χ2v) is 4.37. The van der Waals surface area contributed by atoms with Crippen molar-refractivity contribution in [3.05, 3.63) is 24.2 Å². The maximum atomic E-state index is 9.57. The summed E-state index contributed by atoms with van der Waals surface area (Å²) in [5.41, 5.74) is 0. The third kappa shape index (κ3) is 5.33. The Morgan fingerprint density at radius 2 is 2.25 bits per heavy atom. The molecule has 1 aromatic heterocycles. The smallest absolute Gasteiger partial charge is 0.103 e. The molecular weight excluding hydrogens is 202 g/mol. The summed E-state index contributed by atoms with van der Waals surface area (Å²) < 4.78 is 5.27. The molecule has 0 amide bonds. The zero-order chi connectivity index (χ0) is 11.8. The second kappa shape index (κ2) is 7.47. The van der Waals surface area contributed by atoms with Gasteiger partial charge in [0.1, 0.15) is 5.76 Å².